The van der Waals surface area contributed by atoms with Gasteiger partial charge in [-0.2, -0.15) is 0 Å². The maximum Gasteiger partial charge on any atom is 0.240 e. The summed E-state index contributed by atoms with van der Waals surface area (Å²) in [6, 6.07) is 5.26. The summed E-state index contributed by atoms with van der Waals surface area (Å²) in [7, 11) is -2.15. The molecule has 0 bridgehead atoms. The van der Waals surface area contributed by atoms with Crippen LogP contribution in [-0.2, 0) is 14.8 Å². The highest BCUT2D eigenvalue weighted by Crippen LogP contribution is 2.30. The number of hydrogen-bond acceptors (Lipinski definition) is 5. The van der Waals surface area contributed by atoms with Crippen LogP contribution in [0.2, 0.25) is 0 Å². The minimum atomic E-state index is -3.63. The van der Waals surface area contributed by atoms with Crippen LogP contribution in [-0.4, -0.2) is 65.3 Å². The number of hydrogen-bond donors (Lipinski definition) is 1. The lowest BCUT2D eigenvalue weighted by molar-refractivity contribution is -0.119. The maximum absolute atomic E-state index is 12.4. The number of carbonyl (C=O) groups is 1. The van der Waals surface area contributed by atoms with Gasteiger partial charge >= 0.3 is 0 Å². The van der Waals surface area contributed by atoms with Crippen molar-refractivity contribution in [2.45, 2.75) is 39.0 Å². The van der Waals surface area contributed by atoms with Crippen LogP contribution >= 0.6 is 0 Å². The summed E-state index contributed by atoms with van der Waals surface area (Å²) in [5.41, 5.74) is 1.27. The Morgan fingerprint density at radius 2 is 1.89 bits per heavy atom. The van der Waals surface area contributed by atoms with Crippen LogP contribution in [0.3, 0.4) is 0 Å². The molecule has 0 atom stereocenters. The average molecular weight is 412 g/mol. The third kappa shape index (κ3) is 6.98. The highest BCUT2D eigenvalue weighted by atomic mass is 32.2. The molecule has 0 radical (unpaired) electrons. The maximum atomic E-state index is 12.4. The monoisotopic (exact) mass is 411 g/mol. The SMILES string of the molecule is COc1ccc(C)cc1N(CC(=O)NCCCN1CCCCCC1)S(C)(=O)=O. The number of likely N-dealkylation sites (tertiary alicyclic amines) is 1. The molecule has 8 heteroatoms. The molecule has 28 heavy (non-hydrogen) atoms. The first-order valence-corrected chi connectivity index (χ1v) is 11.8. The second-order valence-corrected chi connectivity index (χ2v) is 9.31. The number of benzene rings is 1. The highest BCUT2D eigenvalue weighted by Gasteiger charge is 2.24. The zero-order chi connectivity index (χ0) is 20.6. The molecule has 0 saturated carbocycles. The largest absolute Gasteiger partial charge is 0.495 e. The number of aryl methyl sites for hydroxylation is 1. The van der Waals surface area contributed by atoms with Crippen LogP contribution in [0.1, 0.15) is 37.7 Å². The minimum Gasteiger partial charge on any atom is -0.495 e. The topological polar surface area (TPSA) is 79.0 Å². The molecule has 1 fully saturated rings. The zero-order valence-electron chi connectivity index (χ0n) is 17.2. The number of ether oxygens (including phenoxy) is 1. The van der Waals surface area contributed by atoms with E-state index in [1.54, 1.807) is 12.1 Å². The van der Waals surface area contributed by atoms with Crippen LogP contribution in [0.4, 0.5) is 5.69 Å². The van der Waals surface area contributed by atoms with E-state index in [-0.39, 0.29) is 12.5 Å². The fourth-order valence-corrected chi connectivity index (χ4v) is 4.30. The van der Waals surface area contributed by atoms with E-state index in [0.717, 1.165) is 42.2 Å². The van der Waals surface area contributed by atoms with E-state index >= 15 is 0 Å². The Hall–Kier alpha value is -1.80. The average Bonchev–Trinajstić information content (AvgIpc) is 2.91. The van der Waals surface area contributed by atoms with E-state index in [9.17, 15) is 13.2 Å². The molecular weight excluding hydrogens is 378 g/mol. The molecule has 1 aliphatic rings. The van der Waals surface area contributed by atoms with Gasteiger partial charge in [-0.25, -0.2) is 8.42 Å². The van der Waals surface area contributed by atoms with Crippen molar-refractivity contribution in [3.05, 3.63) is 23.8 Å². The van der Waals surface area contributed by atoms with Gasteiger partial charge in [0.15, 0.2) is 0 Å². The smallest absolute Gasteiger partial charge is 0.240 e. The predicted molar refractivity (Wildman–Crippen MR) is 112 cm³/mol. The van der Waals surface area contributed by atoms with Crippen LogP contribution < -0.4 is 14.4 Å². The molecule has 0 spiro atoms. The summed E-state index contributed by atoms with van der Waals surface area (Å²) in [4.78, 5) is 14.8. The Morgan fingerprint density at radius 1 is 1.21 bits per heavy atom. The van der Waals surface area contributed by atoms with E-state index in [2.05, 4.69) is 10.2 Å². The fourth-order valence-electron chi connectivity index (χ4n) is 3.45. The van der Waals surface area contributed by atoms with E-state index in [4.69, 9.17) is 4.74 Å². The molecule has 2 rings (SSSR count). The Bertz CT molecular complexity index is 744. The Morgan fingerprint density at radius 3 is 2.50 bits per heavy atom. The first kappa shape index (κ1) is 22.5. The molecule has 0 aromatic heterocycles. The molecule has 1 heterocycles. The lowest BCUT2D eigenvalue weighted by Crippen LogP contribution is -2.41. The van der Waals surface area contributed by atoms with Gasteiger partial charge in [0.2, 0.25) is 15.9 Å². The van der Waals surface area contributed by atoms with E-state index in [0.29, 0.717) is 18.0 Å². The van der Waals surface area contributed by atoms with Crippen molar-refractivity contribution >= 4 is 21.6 Å². The number of nitrogens with zero attached hydrogens (tertiary/aromatic N) is 2. The molecule has 158 valence electrons. The summed E-state index contributed by atoms with van der Waals surface area (Å²) in [5.74, 6) is 0.106. The molecule has 0 aliphatic carbocycles. The van der Waals surface area contributed by atoms with Crippen LogP contribution in [0.15, 0.2) is 18.2 Å². The van der Waals surface area contributed by atoms with Crippen molar-refractivity contribution in [2.75, 3.05) is 50.4 Å². The molecule has 1 aliphatic heterocycles. The zero-order valence-corrected chi connectivity index (χ0v) is 18.1. The van der Waals surface area contributed by atoms with Crippen LogP contribution in [0.25, 0.3) is 0 Å². The van der Waals surface area contributed by atoms with Gasteiger partial charge in [-0.15, -0.1) is 0 Å². The first-order chi connectivity index (χ1) is 13.3. The normalized spacial score (nSPS) is 15.7. The van der Waals surface area contributed by atoms with Gasteiger partial charge in [0, 0.05) is 6.54 Å². The number of amides is 1. The van der Waals surface area contributed by atoms with Crippen molar-refractivity contribution in [1.29, 1.82) is 0 Å². The standard InChI is InChI=1S/C20H33N3O4S/c1-17-9-10-19(27-2)18(15-17)23(28(3,25)26)16-20(24)21-11-8-14-22-12-6-4-5-7-13-22/h9-10,15H,4-8,11-14,16H2,1-3H3,(H,21,24). The fraction of sp³-hybridized carbons (Fsp3) is 0.650. The number of nitrogens with one attached hydrogen (secondary N) is 1. The number of anilines is 1. The van der Waals surface area contributed by atoms with Gasteiger partial charge in [-0.05, 0) is 63.5 Å². The van der Waals surface area contributed by atoms with Gasteiger partial charge in [0.25, 0.3) is 0 Å². The third-order valence-corrected chi connectivity index (χ3v) is 6.09. The van der Waals surface area contributed by atoms with E-state index in [1.807, 2.05) is 13.0 Å². The van der Waals surface area contributed by atoms with Crippen LogP contribution in [0, 0.1) is 6.92 Å². The second kappa shape index (κ2) is 10.7. The Labute approximate surface area is 169 Å². The van der Waals surface area contributed by atoms with Crippen molar-refractivity contribution < 1.29 is 17.9 Å². The van der Waals surface area contributed by atoms with Gasteiger partial charge in [-0.1, -0.05) is 18.9 Å². The minimum absolute atomic E-state index is 0.262. The first-order valence-electron chi connectivity index (χ1n) is 9.92. The number of carbonyl (C=O) groups excluding carboxylic acids is 1. The second-order valence-electron chi connectivity index (χ2n) is 7.40. The molecule has 0 unspecified atom stereocenters. The molecule has 1 amide bonds. The quantitative estimate of drug-likeness (QED) is 0.630. The van der Waals surface area contributed by atoms with Crippen molar-refractivity contribution in [2.24, 2.45) is 0 Å². The van der Waals surface area contributed by atoms with Gasteiger partial charge in [0.05, 0.1) is 19.1 Å². The molecule has 1 N–H and O–H groups in total. The summed E-state index contributed by atoms with van der Waals surface area (Å²) in [5, 5.41) is 2.85. The van der Waals surface area contributed by atoms with E-state index < -0.39 is 10.0 Å². The lowest BCUT2D eigenvalue weighted by Gasteiger charge is -2.24. The number of rotatable bonds is 9. The molecular formula is C20H33N3O4S. The summed E-state index contributed by atoms with van der Waals surface area (Å²) in [6.07, 6.45) is 7.05. The molecule has 1 saturated heterocycles. The van der Waals surface area contributed by atoms with E-state index in [1.165, 1.54) is 32.8 Å². The number of sulfonamides is 1. The predicted octanol–water partition coefficient (Wildman–Crippen LogP) is 2.15. The summed E-state index contributed by atoms with van der Waals surface area (Å²) >= 11 is 0. The molecule has 1 aromatic rings. The molecule has 1 aromatic carbocycles. The molecule has 7 nitrogen and oxygen atoms in total. The summed E-state index contributed by atoms with van der Waals surface area (Å²) < 4.78 is 31.0. The Balaban J connectivity index is 1.92. The van der Waals surface area contributed by atoms with Gasteiger partial charge in [-0.3, -0.25) is 9.10 Å². The summed E-state index contributed by atoms with van der Waals surface area (Å²) in [6.45, 7) is 5.36. The van der Waals surface area contributed by atoms with Crippen molar-refractivity contribution in [1.82, 2.24) is 10.2 Å². The van der Waals surface area contributed by atoms with Crippen molar-refractivity contribution in [3.8, 4) is 5.75 Å². The van der Waals surface area contributed by atoms with Crippen LogP contribution in [0.5, 0.6) is 5.75 Å². The van der Waals surface area contributed by atoms with Gasteiger partial charge < -0.3 is 15.0 Å². The Kier molecular flexibility index (Phi) is 8.57. The lowest BCUT2D eigenvalue weighted by atomic mass is 10.2. The number of methoxy groups -OCH3 is 1. The third-order valence-electron chi connectivity index (χ3n) is 4.96. The van der Waals surface area contributed by atoms with Gasteiger partial charge in [0.1, 0.15) is 12.3 Å². The highest BCUT2D eigenvalue weighted by molar-refractivity contribution is 7.92. The van der Waals surface area contributed by atoms with Crippen molar-refractivity contribution in [3.63, 3.8) is 0 Å².